The fourth-order valence-electron chi connectivity index (χ4n) is 1.79. The van der Waals surface area contributed by atoms with E-state index >= 15 is 0 Å². The fourth-order valence-corrected chi connectivity index (χ4v) is 1.79. The quantitative estimate of drug-likeness (QED) is 0.632. The van der Waals surface area contributed by atoms with E-state index in [1.54, 1.807) is 12.1 Å². The molecule has 0 spiro atoms. The number of para-hydroxylation sites is 2. The predicted octanol–water partition coefficient (Wildman–Crippen LogP) is 3.60. The van der Waals surface area contributed by atoms with Crippen LogP contribution in [0.5, 0.6) is 0 Å². The highest BCUT2D eigenvalue weighted by molar-refractivity contribution is 5.74. The number of rotatable bonds is 2. The maximum absolute atomic E-state index is 5.86. The van der Waals surface area contributed by atoms with Crippen LogP contribution >= 0.6 is 0 Å². The van der Waals surface area contributed by atoms with E-state index in [-0.39, 0.29) is 0 Å². The van der Waals surface area contributed by atoms with Gasteiger partial charge in [0.2, 0.25) is 0 Å². The van der Waals surface area contributed by atoms with Crippen molar-refractivity contribution in [2.75, 3.05) is 11.5 Å². The molecule has 0 amide bonds. The molecule has 0 saturated carbocycles. The van der Waals surface area contributed by atoms with Gasteiger partial charge in [-0.1, -0.05) is 24.3 Å². The third-order valence-corrected chi connectivity index (χ3v) is 2.86. The van der Waals surface area contributed by atoms with Gasteiger partial charge in [0.25, 0.3) is 0 Å². The highest BCUT2D eigenvalue weighted by atomic mass is 14.9. The number of aliphatic imine (C=N–C) groups is 2. The zero-order chi connectivity index (χ0) is 13.8. The molecule has 0 radical (unpaired) electrons. The van der Waals surface area contributed by atoms with Gasteiger partial charge in [-0.05, 0) is 37.1 Å². The standard InChI is InChI=1S/C15H16N4/c1-10-5-3-7-12(16)14(10)18-9-19-15-11(2)6-4-8-13(15)17/h3-8H,16-17H2,1-2H3. The SMILES string of the molecule is Cc1cccc(N)c1N=C=Nc1c(C)cccc1N. The second-order valence-corrected chi connectivity index (χ2v) is 4.35. The predicted molar refractivity (Wildman–Crippen MR) is 80.4 cm³/mol. The lowest BCUT2D eigenvalue weighted by molar-refractivity contribution is 1.38. The van der Waals surface area contributed by atoms with E-state index < -0.39 is 0 Å². The van der Waals surface area contributed by atoms with Crippen LogP contribution in [-0.2, 0) is 0 Å². The molecule has 2 aromatic carbocycles. The molecule has 19 heavy (non-hydrogen) atoms. The van der Waals surface area contributed by atoms with E-state index in [4.69, 9.17) is 11.5 Å². The zero-order valence-electron chi connectivity index (χ0n) is 11.0. The third kappa shape index (κ3) is 2.81. The van der Waals surface area contributed by atoms with Gasteiger partial charge in [-0.15, -0.1) is 0 Å². The van der Waals surface area contributed by atoms with Gasteiger partial charge in [0.1, 0.15) is 17.4 Å². The van der Waals surface area contributed by atoms with Crippen molar-refractivity contribution in [2.45, 2.75) is 13.8 Å². The van der Waals surface area contributed by atoms with Gasteiger partial charge >= 0.3 is 0 Å². The first-order valence-electron chi connectivity index (χ1n) is 5.96. The summed E-state index contributed by atoms with van der Waals surface area (Å²) in [5, 5.41) is 0. The summed E-state index contributed by atoms with van der Waals surface area (Å²) >= 11 is 0. The number of hydrogen-bond acceptors (Lipinski definition) is 4. The lowest BCUT2D eigenvalue weighted by Crippen LogP contribution is -1.87. The minimum absolute atomic E-state index is 0.612. The van der Waals surface area contributed by atoms with Crippen LogP contribution in [0.15, 0.2) is 46.4 Å². The van der Waals surface area contributed by atoms with Crippen molar-refractivity contribution in [3.63, 3.8) is 0 Å². The number of benzene rings is 2. The van der Waals surface area contributed by atoms with Crippen molar-refractivity contribution in [1.29, 1.82) is 0 Å². The molecule has 96 valence electrons. The molecule has 0 bridgehead atoms. The van der Waals surface area contributed by atoms with E-state index in [9.17, 15) is 0 Å². The third-order valence-electron chi connectivity index (χ3n) is 2.86. The van der Waals surface area contributed by atoms with Gasteiger partial charge in [0.15, 0.2) is 0 Å². The molecule has 0 aliphatic carbocycles. The second kappa shape index (κ2) is 5.38. The monoisotopic (exact) mass is 252 g/mol. The van der Waals surface area contributed by atoms with Crippen LogP contribution in [0.2, 0.25) is 0 Å². The first-order valence-corrected chi connectivity index (χ1v) is 5.96. The molecular weight excluding hydrogens is 236 g/mol. The summed E-state index contributed by atoms with van der Waals surface area (Å²) in [5.74, 6) is 0. The van der Waals surface area contributed by atoms with Crippen LogP contribution in [0.1, 0.15) is 11.1 Å². The summed E-state index contributed by atoms with van der Waals surface area (Å²) in [7, 11) is 0. The molecule has 0 atom stereocenters. The van der Waals surface area contributed by atoms with E-state index in [0.717, 1.165) is 11.1 Å². The molecule has 0 unspecified atom stereocenters. The molecule has 4 heteroatoms. The summed E-state index contributed by atoms with van der Waals surface area (Å²) in [6.45, 7) is 3.89. The summed E-state index contributed by atoms with van der Waals surface area (Å²) in [6, 6.07) is 13.9. The molecular formula is C15H16N4. The summed E-state index contributed by atoms with van der Waals surface area (Å²) < 4.78 is 0. The van der Waals surface area contributed by atoms with Crippen LogP contribution in [-0.4, -0.2) is 6.01 Å². The molecule has 4 nitrogen and oxygen atoms in total. The topological polar surface area (TPSA) is 76.8 Å². The average Bonchev–Trinajstić information content (AvgIpc) is 2.36. The van der Waals surface area contributed by atoms with Crippen molar-refractivity contribution in [3.8, 4) is 0 Å². The lowest BCUT2D eigenvalue weighted by atomic mass is 10.2. The normalized spacial score (nSPS) is 9.79. The lowest BCUT2D eigenvalue weighted by Gasteiger charge is -2.02. The number of aryl methyl sites for hydroxylation is 2. The van der Waals surface area contributed by atoms with Gasteiger partial charge in [-0.25, -0.2) is 0 Å². The van der Waals surface area contributed by atoms with Gasteiger partial charge in [-0.2, -0.15) is 9.98 Å². The maximum atomic E-state index is 5.86. The van der Waals surface area contributed by atoms with Crippen molar-refractivity contribution in [2.24, 2.45) is 9.98 Å². The Labute approximate surface area is 112 Å². The van der Waals surface area contributed by atoms with Crippen LogP contribution in [0.3, 0.4) is 0 Å². The van der Waals surface area contributed by atoms with E-state index in [1.165, 1.54) is 0 Å². The molecule has 2 aromatic rings. The number of anilines is 2. The van der Waals surface area contributed by atoms with E-state index in [2.05, 4.69) is 16.0 Å². The van der Waals surface area contributed by atoms with Crippen molar-refractivity contribution < 1.29 is 0 Å². The van der Waals surface area contributed by atoms with Crippen LogP contribution in [0, 0.1) is 13.8 Å². The molecule has 4 N–H and O–H groups in total. The Balaban J connectivity index is 2.40. The van der Waals surface area contributed by atoms with Gasteiger partial charge in [0.05, 0.1) is 11.4 Å². The average molecular weight is 252 g/mol. The van der Waals surface area contributed by atoms with Crippen molar-refractivity contribution >= 4 is 28.8 Å². The Morgan fingerprint density at radius 3 is 1.58 bits per heavy atom. The minimum Gasteiger partial charge on any atom is -0.397 e. The van der Waals surface area contributed by atoms with Gasteiger partial charge in [0, 0.05) is 0 Å². The summed E-state index contributed by atoms with van der Waals surface area (Å²) in [5.41, 5.74) is 16.3. The van der Waals surface area contributed by atoms with Gasteiger partial charge in [-0.3, -0.25) is 0 Å². The molecule has 0 heterocycles. The minimum atomic E-state index is 0.612. The smallest absolute Gasteiger partial charge is 0.101 e. The highest BCUT2D eigenvalue weighted by Gasteiger charge is 2.01. The van der Waals surface area contributed by atoms with E-state index in [1.807, 2.05) is 38.1 Å². The first kappa shape index (κ1) is 12.9. The number of nitrogens with two attached hydrogens (primary N) is 2. The molecule has 0 saturated heterocycles. The van der Waals surface area contributed by atoms with Crippen LogP contribution in [0.4, 0.5) is 22.7 Å². The Morgan fingerprint density at radius 2 is 1.21 bits per heavy atom. The molecule has 0 aliphatic rings. The summed E-state index contributed by atoms with van der Waals surface area (Å²) in [4.78, 5) is 8.37. The number of hydrogen-bond donors (Lipinski definition) is 2. The van der Waals surface area contributed by atoms with Crippen LogP contribution in [0.25, 0.3) is 0 Å². The molecule has 0 aromatic heterocycles. The van der Waals surface area contributed by atoms with Crippen molar-refractivity contribution in [3.05, 3.63) is 47.5 Å². The Hall–Kier alpha value is -2.58. The largest absolute Gasteiger partial charge is 0.397 e. The van der Waals surface area contributed by atoms with Crippen LogP contribution < -0.4 is 11.5 Å². The highest BCUT2D eigenvalue weighted by Crippen LogP contribution is 2.27. The molecule has 2 rings (SSSR count). The number of nitrogens with zero attached hydrogens (tertiary/aromatic N) is 2. The number of nitrogen functional groups attached to an aromatic ring is 2. The Kier molecular flexibility index (Phi) is 3.64. The Morgan fingerprint density at radius 1 is 0.789 bits per heavy atom. The zero-order valence-corrected chi connectivity index (χ0v) is 11.0. The summed E-state index contributed by atoms with van der Waals surface area (Å²) in [6.07, 6.45) is 0. The van der Waals surface area contributed by atoms with Gasteiger partial charge < -0.3 is 11.5 Å². The van der Waals surface area contributed by atoms with E-state index in [0.29, 0.717) is 22.7 Å². The van der Waals surface area contributed by atoms with Crippen molar-refractivity contribution in [1.82, 2.24) is 0 Å². The first-order chi connectivity index (χ1) is 9.09. The fraction of sp³-hybridized carbons (Fsp3) is 0.133. The second-order valence-electron chi connectivity index (χ2n) is 4.35. The maximum Gasteiger partial charge on any atom is 0.101 e. The Bertz CT molecular complexity index is 572. The molecule has 0 aliphatic heterocycles. The molecule has 0 fully saturated rings.